The van der Waals surface area contributed by atoms with Gasteiger partial charge in [-0.05, 0) is 69.7 Å². The van der Waals surface area contributed by atoms with Crippen LogP contribution in [0.2, 0.25) is 0 Å². The van der Waals surface area contributed by atoms with E-state index in [2.05, 4.69) is 15.0 Å². The molecular weight excluding hydrogens is 487 g/mol. The van der Waals surface area contributed by atoms with Crippen LogP contribution in [0.3, 0.4) is 0 Å². The van der Waals surface area contributed by atoms with Gasteiger partial charge in [0.2, 0.25) is 5.60 Å². The van der Waals surface area contributed by atoms with E-state index in [-0.39, 0.29) is 39.1 Å². The van der Waals surface area contributed by atoms with E-state index in [9.17, 15) is 23.1 Å². The second kappa shape index (κ2) is 8.05. The molecule has 1 aliphatic rings. The monoisotopic (exact) mass is 511 g/mol. The molecule has 0 bridgehead atoms. The predicted octanol–water partition coefficient (Wildman–Crippen LogP) is 5.55. The standard InChI is InChI=1S/C26H24F3N5O3/c1-13-9-17(15-5-6-15)19(16-7-8-34(20(13)16)23(35)37-24(2,3)4)25(36,26(27,28)29)22-32-18-10-14(11-30)12-31-21(18)33-22/h7-10,12,15,36H,5-6H2,1-4H3,(H,31,32,33). The van der Waals surface area contributed by atoms with Crippen LogP contribution in [0.15, 0.2) is 30.6 Å². The summed E-state index contributed by atoms with van der Waals surface area (Å²) in [6.07, 6.45) is -2.05. The Hall–Kier alpha value is -3.91. The molecule has 0 amide bonds. The number of aliphatic hydroxyl groups is 1. The zero-order valence-electron chi connectivity index (χ0n) is 20.6. The van der Waals surface area contributed by atoms with E-state index >= 15 is 0 Å². The predicted molar refractivity (Wildman–Crippen MR) is 128 cm³/mol. The number of nitrogens with zero attached hydrogens (tertiary/aromatic N) is 4. The Bertz CT molecular complexity index is 1600. The van der Waals surface area contributed by atoms with Crippen molar-refractivity contribution >= 4 is 28.2 Å². The van der Waals surface area contributed by atoms with Gasteiger partial charge in [-0.2, -0.15) is 18.4 Å². The highest BCUT2D eigenvalue weighted by atomic mass is 19.4. The number of pyridine rings is 1. The summed E-state index contributed by atoms with van der Waals surface area (Å²) in [6, 6.07) is 6.19. The van der Waals surface area contributed by atoms with Gasteiger partial charge >= 0.3 is 12.3 Å². The van der Waals surface area contributed by atoms with Gasteiger partial charge in [-0.3, -0.25) is 4.57 Å². The molecule has 5 rings (SSSR count). The molecule has 192 valence electrons. The molecule has 4 aromatic rings. The highest BCUT2D eigenvalue weighted by molar-refractivity contribution is 5.95. The van der Waals surface area contributed by atoms with E-state index in [1.807, 2.05) is 6.07 Å². The first kappa shape index (κ1) is 24.8. The molecule has 3 aromatic heterocycles. The molecule has 1 aromatic carbocycles. The number of hydrogen-bond acceptors (Lipinski definition) is 6. The zero-order chi connectivity index (χ0) is 26.9. The SMILES string of the molecule is Cc1cc(C2CC2)c(C(O)(c2nc3ncc(C#N)cc3[nH]2)C(F)(F)F)c2ccn(C(=O)OC(C)(C)C)c12. The smallest absolute Gasteiger partial charge is 0.428 e. The van der Waals surface area contributed by atoms with Crippen molar-refractivity contribution in [3.8, 4) is 6.07 Å². The van der Waals surface area contributed by atoms with Crippen LogP contribution in [0.4, 0.5) is 18.0 Å². The lowest BCUT2D eigenvalue weighted by Crippen LogP contribution is -2.45. The molecule has 8 nitrogen and oxygen atoms in total. The number of fused-ring (bicyclic) bond motifs is 2. The van der Waals surface area contributed by atoms with E-state index in [0.29, 0.717) is 24.0 Å². The van der Waals surface area contributed by atoms with E-state index in [1.54, 1.807) is 33.8 Å². The molecule has 1 unspecified atom stereocenters. The summed E-state index contributed by atoms with van der Waals surface area (Å²) in [7, 11) is 0. The summed E-state index contributed by atoms with van der Waals surface area (Å²) in [6.45, 7) is 6.78. The zero-order valence-corrected chi connectivity index (χ0v) is 20.6. The minimum absolute atomic E-state index is 0.0683. The Labute approximate surface area is 209 Å². The first-order valence-corrected chi connectivity index (χ1v) is 11.7. The van der Waals surface area contributed by atoms with Gasteiger partial charge < -0.3 is 14.8 Å². The number of rotatable bonds is 3. The van der Waals surface area contributed by atoms with Crippen molar-refractivity contribution in [3.63, 3.8) is 0 Å². The van der Waals surface area contributed by atoms with Crippen LogP contribution in [0.5, 0.6) is 0 Å². The summed E-state index contributed by atoms with van der Waals surface area (Å²) in [5.74, 6) is -0.945. The molecular formula is C26H24F3N5O3. The summed E-state index contributed by atoms with van der Waals surface area (Å²) >= 11 is 0. The first-order chi connectivity index (χ1) is 17.2. The number of aromatic nitrogens is 4. The number of ether oxygens (including phenoxy) is 1. The van der Waals surface area contributed by atoms with Crippen LogP contribution in [0.1, 0.15) is 67.6 Å². The van der Waals surface area contributed by atoms with Crippen LogP contribution in [0, 0.1) is 18.3 Å². The average molecular weight is 512 g/mol. The van der Waals surface area contributed by atoms with E-state index < -0.39 is 29.3 Å². The van der Waals surface area contributed by atoms with Crippen LogP contribution in [0.25, 0.3) is 22.1 Å². The number of alkyl halides is 3. The summed E-state index contributed by atoms with van der Waals surface area (Å²) in [5, 5.41) is 20.9. The number of carbonyl (C=O) groups is 1. The third kappa shape index (κ3) is 4.01. The number of H-pyrrole nitrogens is 1. The second-order valence-electron chi connectivity index (χ2n) is 10.4. The topological polar surface area (TPSA) is 117 Å². The number of nitriles is 1. The van der Waals surface area contributed by atoms with Crippen molar-refractivity contribution < 1.29 is 27.8 Å². The third-order valence-corrected chi connectivity index (χ3v) is 6.38. The Morgan fingerprint density at radius 1 is 1.27 bits per heavy atom. The summed E-state index contributed by atoms with van der Waals surface area (Å²) in [5.41, 5.74) is -3.49. The molecule has 37 heavy (non-hydrogen) atoms. The summed E-state index contributed by atoms with van der Waals surface area (Å²) in [4.78, 5) is 23.4. The Balaban J connectivity index is 1.82. The first-order valence-electron chi connectivity index (χ1n) is 11.7. The number of aryl methyl sites for hydroxylation is 1. The van der Waals surface area contributed by atoms with Gasteiger partial charge in [0.05, 0.1) is 16.6 Å². The van der Waals surface area contributed by atoms with Crippen LogP contribution in [-0.4, -0.2) is 42.5 Å². The van der Waals surface area contributed by atoms with E-state index in [4.69, 9.17) is 10.00 Å². The molecule has 1 aliphatic carbocycles. The molecule has 0 saturated heterocycles. The maximum Gasteiger partial charge on any atom is 0.428 e. The number of benzene rings is 1. The largest absolute Gasteiger partial charge is 0.443 e. The fraction of sp³-hybridized carbons (Fsp3) is 0.385. The van der Waals surface area contributed by atoms with Gasteiger partial charge in [0.15, 0.2) is 11.5 Å². The van der Waals surface area contributed by atoms with Gasteiger partial charge in [-0.25, -0.2) is 14.8 Å². The summed E-state index contributed by atoms with van der Waals surface area (Å²) < 4.78 is 51.5. The molecule has 1 saturated carbocycles. The Morgan fingerprint density at radius 2 is 1.97 bits per heavy atom. The fourth-order valence-corrected chi connectivity index (χ4v) is 4.68. The number of hydrogen-bond donors (Lipinski definition) is 2. The van der Waals surface area contributed by atoms with Gasteiger partial charge in [0.25, 0.3) is 0 Å². The second-order valence-corrected chi connectivity index (χ2v) is 10.4. The normalized spacial score (nSPS) is 16.1. The van der Waals surface area contributed by atoms with Gasteiger partial charge in [0.1, 0.15) is 11.7 Å². The van der Waals surface area contributed by atoms with Crippen molar-refractivity contribution in [1.29, 1.82) is 5.26 Å². The Morgan fingerprint density at radius 3 is 2.57 bits per heavy atom. The number of imidazole rings is 1. The van der Waals surface area contributed by atoms with Gasteiger partial charge in [-0.15, -0.1) is 0 Å². The molecule has 2 N–H and O–H groups in total. The lowest BCUT2D eigenvalue weighted by atomic mass is 9.83. The van der Waals surface area contributed by atoms with Crippen molar-refractivity contribution in [2.45, 2.75) is 63.8 Å². The number of nitrogens with one attached hydrogen (secondary N) is 1. The van der Waals surface area contributed by atoms with E-state index in [0.717, 1.165) is 4.57 Å². The maximum atomic E-state index is 14.9. The fourth-order valence-electron chi connectivity index (χ4n) is 4.68. The maximum absolute atomic E-state index is 14.9. The molecule has 1 fully saturated rings. The Kier molecular flexibility index (Phi) is 5.39. The van der Waals surface area contributed by atoms with Gasteiger partial charge in [0, 0.05) is 23.3 Å². The molecule has 0 spiro atoms. The highest BCUT2D eigenvalue weighted by Crippen LogP contribution is 2.53. The molecule has 3 heterocycles. The number of carbonyl (C=O) groups excluding carboxylic acids is 1. The number of halogens is 3. The minimum Gasteiger partial charge on any atom is -0.443 e. The highest BCUT2D eigenvalue weighted by Gasteiger charge is 2.61. The number of aromatic amines is 1. The van der Waals surface area contributed by atoms with Crippen LogP contribution >= 0.6 is 0 Å². The quantitative estimate of drug-likeness (QED) is 0.372. The van der Waals surface area contributed by atoms with Crippen LogP contribution < -0.4 is 0 Å². The van der Waals surface area contributed by atoms with Crippen molar-refractivity contribution in [1.82, 2.24) is 19.5 Å². The van der Waals surface area contributed by atoms with Gasteiger partial charge in [-0.1, -0.05) is 6.07 Å². The molecule has 1 atom stereocenters. The third-order valence-electron chi connectivity index (χ3n) is 6.38. The average Bonchev–Trinajstić information content (AvgIpc) is 3.39. The van der Waals surface area contributed by atoms with E-state index in [1.165, 1.54) is 24.5 Å². The molecule has 11 heteroatoms. The van der Waals surface area contributed by atoms with Crippen LogP contribution in [-0.2, 0) is 10.3 Å². The van der Waals surface area contributed by atoms with Crippen molar-refractivity contribution in [2.24, 2.45) is 0 Å². The molecule has 0 aliphatic heterocycles. The lowest BCUT2D eigenvalue weighted by molar-refractivity contribution is -0.250. The minimum atomic E-state index is -5.20. The van der Waals surface area contributed by atoms with Crippen molar-refractivity contribution in [3.05, 3.63) is 58.7 Å². The van der Waals surface area contributed by atoms with Crippen molar-refractivity contribution in [2.75, 3.05) is 0 Å². The lowest BCUT2D eigenvalue weighted by Gasteiger charge is -2.32. The molecule has 0 radical (unpaired) electrons.